The molecule has 0 radical (unpaired) electrons. The highest BCUT2D eigenvalue weighted by Crippen LogP contribution is 2.35. The fraction of sp³-hybridized carbons (Fsp3) is 0.100. The van der Waals surface area contributed by atoms with Gasteiger partial charge in [0.25, 0.3) is 5.69 Å². The number of aromatic nitrogens is 1. The van der Waals surface area contributed by atoms with Gasteiger partial charge < -0.3 is 10.5 Å². The molecule has 1 aromatic heterocycles. The van der Waals surface area contributed by atoms with Gasteiger partial charge in [0.05, 0.1) is 17.2 Å². The molecule has 0 spiro atoms. The number of ether oxygens (including phenoxy) is 1. The van der Waals surface area contributed by atoms with E-state index in [1.54, 1.807) is 12.1 Å². The first kappa shape index (κ1) is 19.1. The lowest BCUT2D eigenvalue weighted by Crippen LogP contribution is -2.00. The summed E-state index contributed by atoms with van der Waals surface area (Å²) in [6.45, 7) is 2.45. The van der Waals surface area contributed by atoms with Gasteiger partial charge in [-0.05, 0) is 48.9 Å². The van der Waals surface area contributed by atoms with Gasteiger partial charge in [0.2, 0.25) is 0 Å². The van der Waals surface area contributed by atoms with E-state index >= 15 is 0 Å². The van der Waals surface area contributed by atoms with Crippen LogP contribution in [0.2, 0.25) is 5.02 Å². The van der Waals surface area contributed by atoms with Crippen LogP contribution in [-0.4, -0.2) is 16.5 Å². The summed E-state index contributed by atoms with van der Waals surface area (Å²) in [5.74, 6) is 0.767. The second-order valence-corrected chi connectivity index (χ2v) is 6.21. The lowest BCUT2D eigenvalue weighted by atomic mass is 9.98. The van der Waals surface area contributed by atoms with E-state index in [1.807, 2.05) is 37.3 Å². The summed E-state index contributed by atoms with van der Waals surface area (Å²) in [5.41, 5.74) is 8.09. The molecule has 0 aliphatic heterocycles. The molecule has 0 atom stereocenters. The SMILES string of the molecule is CCOc1ccc(-c2cc(-c3ccc(Cl)c([N+](=O)[O-])c3)c(C#N)c(N)n2)cc1. The van der Waals surface area contributed by atoms with Crippen molar-refractivity contribution >= 4 is 23.1 Å². The van der Waals surface area contributed by atoms with Gasteiger partial charge in [-0.15, -0.1) is 0 Å². The van der Waals surface area contributed by atoms with E-state index < -0.39 is 4.92 Å². The third kappa shape index (κ3) is 3.72. The molecule has 7 nitrogen and oxygen atoms in total. The molecule has 0 aliphatic carbocycles. The van der Waals surface area contributed by atoms with Crippen molar-refractivity contribution in [2.75, 3.05) is 12.3 Å². The molecule has 2 aromatic carbocycles. The Bertz CT molecular complexity index is 1090. The van der Waals surface area contributed by atoms with Crippen molar-refractivity contribution in [3.63, 3.8) is 0 Å². The smallest absolute Gasteiger partial charge is 0.288 e. The molecule has 1 heterocycles. The van der Waals surface area contributed by atoms with Crippen LogP contribution in [0.5, 0.6) is 5.75 Å². The lowest BCUT2D eigenvalue weighted by Gasteiger charge is -2.11. The first-order valence-electron chi connectivity index (χ1n) is 8.32. The number of nitrogens with two attached hydrogens (primary N) is 1. The van der Waals surface area contributed by atoms with E-state index in [9.17, 15) is 15.4 Å². The van der Waals surface area contributed by atoms with Crippen LogP contribution in [0.15, 0.2) is 48.5 Å². The molecular formula is C20H15ClN4O3. The topological polar surface area (TPSA) is 115 Å². The molecule has 0 unspecified atom stereocenters. The van der Waals surface area contributed by atoms with E-state index in [2.05, 4.69) is 4.98 Å². The Morgan fingerprint density at radius 3 is 2.50 bits per heavy atom. The molecule has 3 rings (SSSR count). The maximum Gasteiger partial charge on any atom is 0.288 e. The predicted octanol–water partition coefficient (Wildman–Crippen LogP) is 4.83. The summed E-state index contributed by atoms with van der Waals surface area (Å²) in [6, 6.07) is 15.3. The second kappa shape index (κ2) is 7.94. The van der Waals surface area contributed by atoms with Crippen LogP contribution in [0.4, 0.5) is 11.5 Å². The number of anilines is 1. The molecule has 0 saturated heterocycles. The minimum absolute atomic E-state index is 0.0148. The molecule has 3 aromatic rings. The lowest BCUT2D eigenvalue weighted by molar-refractivity contribution is -0.384. The quantitative estimate of drug-likeness (QED) is 0.489. The number of hydrogen-bond acceptors (Lipinski definition) is 6. The second-order valence-electron chi connectivity index (χ2n) is 5.81. The first-order chi connectivity index (χ1) is 13.4. The van der Waals surface area contributed by atoms with Gasteiger partial charge in [0.15, 0.2) is 0 Å². The number of halogens is 1. The van der Waals surface area contributed by atoms with Crippen molar-refractivity contribution in [2.45, 2.75) is 6.92 Å². The van der Waals surface area contributed by atoms with Gasteiger partial charge in [0, 0.05) is 17.2 Å². The average Bonchev–Trinajstić information content (AvgIpc) is 2.68. The summed E-state index contributed by atoms with van der Waals surface area (Å²) in [7, 11) is 0. The van der Waals surface area contributed by atoms with Crippen molar-refractivity contribution in [1.29, 1.82) is 5.26 Å². The van der Waals surface area contributed by atoms with Gasteiger partial charge in [-0.25, -0.2) is 4.98 Å². The Hall–Kier alpha value is -3.63. The summed E-state index contributed by atoms with van der Waals surface area (Å²) < 4.78 is 5.43. The van der Waals surface area contributed by atoms with Crippen LogP contribution in [0.1, 0.15) is 12.5 Å². The van der Waals surface area contributed by atoms with Crippen LogP contribution in [-0.2, 0) is 0 Å². The molecule has 0 bridgehead atoms. The van der Waals surface area contributed by atoms with Crippen molar-refractivity contribution in [2.24, 2.45) is 0 Å². The summed E-state index contributed by atoms with van der Waals surface area (Å²) >= 11 is 5.90. The Balaban J connectivity index is 2.15. The van der Waals surface area contributed by atoms with Crippen molar-refractivity contribution in [1.82, 2.24) is 4.98 Å². The van der Waals surface area contributed by atoms with E-state index in [0.717, 1.165) is 11.3 Å². The number of nitrogens with zero attached hydrogens (tertiary/aromatic N) is 3. The largest absolute Gasteiger partial charge is 0.494 e. The van der Waals surface area contributed by atoms with Crippen LogP contribution < -0.4 is 10.5 Å². The fourth-order valence-corrected chi connectivity index (χ4v) is 2.95. The molecule has 8 heteroatoms. The van der Waals surface area contributed by atoms with Gasteiger partial charge >= 0.3 is 0 Å². The summed E-state index contributed by atoms with van der Waals surface area (Å²) in [5, 5.41) is 20.7. The van der Waals surface area contributed by atoms with E-state index in [0.29, 0.717) is 23.4 Å². The van der Waals surface area contributed by atoms with Gasteiger partial charge in [0.1, 0.15) is 28.2 Å². The maximum atomic E-state index is 11.2. The number of nitro groups is 1. The zero-order chi connectivity index (χ0) is 20.3. The normalized spacial score (nSPS) is 10.3. The highest BCUT2D eigenvalue weighted by Gasteiger charge is 2.18. The Kier molecular flexibility index (Phi) is 5.43. The number of pyridine rings is 1. The zero-order valence-electron chi connectivity index (χ0n) is 14.8. The summed E-state index contributed by atoms with van der Waals surface area (Å²) in [4.78, 5) is 14.9. The van der Waals surface area contributed by atoms with Crippen molar-refractivity contribution in [3.8, 4) is 34.2 Å². The molecule has 28 heavy (non-hydrogen) atoms. The Labute approximate surface area is 166 Å². The van der Waals surface area contributed by atoms with Gasteiger partial charge in [-0.1, -0.05) is 17.7 Å². The molecular weight excluding hydrogens is 380 g/mol. The number of rotatable bonds is 5. The minimum atomic E-state index is -0.574. The van der Waals surface area contributed by atoms with Crippen LogP contribution in [0, 0.1) is 21.4 Å². The molecule has 0 aliphatic rings. The number of nitrogen functional groups attached to an aromatic ring is 1. The third-order valence-electron chi connectivity index (χ3n) is 4.07. The molecule has 0 amide bonds. The van der Waals surface area contributed by atoms with E-state index in [-0.39, 0.29) is 22.1 Å². The van der Waals surface area contributed by atoms with E-state index in [1.165, 1.54) is 12.1 Å². The predicted molar refractivity (Wildman–Crippen MR) is 107 cm³/mol. The molecule has 2 N–H and O–H groups in total. The number of hydrogen-bond donors (Lipinski definition) is 1. The fourth-order valence-electron chi connectivity index (χ4n) is 2.77. The van der Waals surface area contributed by atoms with Crippen LogP contribution >= 0.6 is 11.6 Å². The standard InChI is InChI=1S/C20H15ClN4O3/c1-2-28-14-6-3-12(4-7-14)18-10-15(16(11-22)20(23)24-18)13-5-8-17(21)19(9-13)25(26)27/h3-10H,2H2,1H3,(H2,23,24). The van der Waals surface area contributed by atoms with Crippen LogP contribution in [0.25, 0.3) is 22.4 Å². The monoisotopic (exact) mass is 394 g/mol. The number of nitriles is 1. The van der Waals surface area contributed by atoms with Gasteiger partial charge in [-0.2, -0.15) is 5.26 Å². The van der Waals surface area contributed by atoms with Crippen LogP contribution in [0.3, 0.4) is 0 Å². The van der Waals surface area contributed by atoms with Crippen molar-refractivity contribution in [3.05, 3.63) is 69.2 Å². The summed E-state index contributed by atoms with van der Waals surface area (Å²) in [6.07, 6.45) is 0. The number of benzene rings is 2. The Morgan fingerprint density at radius 1 is 1.21 bits per heavy atom. The zero-order valence-corrected chi connectivity index (χ0v) is 15.6. The third-order valence-corrected chi connectivity index (χ3v) is 4.39. The number of nitro benzene ring substituents is 1. The highest BCUT2D eigenvalue weighted by atomic mass is 35.5. The minimum Gasteiger partial charge on any atom is -0.494 e. The molecule has 0 fully saturated rings. The molecule has 0 saturated carbocycles. The first-order valence-corrected chi connectivity index (χ1v) is 8.70. The van der Waals surface area contributed by atoms with Gasteiger partial charge in [-0.3, -0.25) is 10.1 Å². The Morgan fingerprint density at radius 2 is 1.89 bits per heavy atom. The average molecular weight is 395 g/mol. The maximum absolute atomic E-state index is 11.2. The van der Waals surface area contributed by atoms with E-state index in [4.69, 9.17) is 22.1 Å². The van der Waals surface area contributed by atoms with Crippen molar-refractivity contribution < 1.29 is 9.66 Å². The highest BCUT2D eigenvalue weighted by molar-refractivity contribution is 6.32. The molecule has 140 valence electrons.